The maximum atomic E-state index is 11.7. The number of hydrogen-bond acceptors (Lipinski definition) is 2. The third kappa shape index (κ3) is 3.18. The maximum Gasteiger partial charge on any atom is 0.251 e. The number of benzene rings is 1. The van der Waals surface area contributed by atoms with Crippen LogP contribution in [0.5, 0.6) is 0 Å². The first kappa shape index (κ1) is 11.9. The van der Waals surface area contributed by atoms with Crippen molar-refractivity contribution >= 4 is 28.5 Å². The number of halogens is 1. The van der Waals surface area contributed by atoms with Gasteiger partial charge in [0, 0.05) is 15.7 Å². The molecule has 0 heterocycles. The Bertz CT molecular complexity index is 373. The number of nitrogens with one attached hydrogen (secondary N) is 1. The molecule has 3 nitrogen and oxygen atoms in total. The van der Waals surface area contributed by atoms with E-state index in [1.807, 2.05) is 12.1 Å². The minimum Gasteiger partial charge on any atom is -0.391 e. The molecule has 4 heteroatoms. The van der Waals surface area contributed by atoms with Crippen molar-refractivity contribution < 1.29 is 9.90 Å². The fraction of sp³-hybridized carbons (Fsp3) is 0.417. The highest BCUT2D eigenvalue weighted by molar-refractivity contribution is 14.1. The SMILES string of the molecule is O=C(NCC(O)C1CC1)c1ccc(I)cc1. The Morgan fingerprint density at radius 2 is 2.06 bits per heavy atom. The summed E-state index contributed by atoms with van der Waals surface area (Å²) in [7, 11) is 0. The lowest BCUT2D eigenvalue weighted by molar-refractivity contribution is 0.0901. The highest BCUT2D eigenvalue weighted by Gasteiger charge is 2.29. The number of aliphatic hydroxyl groups is 1. The molecule has 86 valence electrons. The molecule has 1 amide bonds. The van der Waals surface area contributed by atoms with Crippen molar-refractivity contribution in [2.45, 2.75) is 18.9 Å². The van der Waals surface area contributed by atoms with Crippen molar-refractivity contribution in [3.8, 4) is 0 Å². The van der Waals surface area contributed by atoms with Crippen LogP contribution in [0.15, 0.2) is 24.3 Å². The van der Waals surface area contributed by atoms with Gasteiger partial charge in [-0.25, -0.2) is 0 Å². The lowest BCUT2D eigenvalue weighted by atomic mass is 10.2. The zero-order chi connectivity index (χ0) is 11.5. The molecule has 1 aromatic rings. The molecule has 1 saturated carbocycles. The van der Waals surface area contributed by atoms with E-state index in [1.54, 1.807) is 12.1 Å². The number of amides is 1. The average Bonchev–Trinajstić information content (AvgIpc) is 3.10. The van der Waals surface area contributed by atoms with Gasteiger partial charge in [-0.15, -0.1) is 0 Å². The van der Waals surface area contributed by atoms with E-state index in [0.29, 0.717) is 18.0 Å². The van der Waals surface area contributed by atoms with E-state index in [0.717, 1.165) is 16.4 Å². The molecule has 1 aliphatic carbocycles. The van der Waals surface area contributed by atoms with Crippen LogP contribution < -0.4 is 5.32 Å². The molecule has 16 heavy (non-hydrogen) atoms. The first-order chi connectivity index (χ1) is 7.66. The summed E-state index contributed by atoms with van der Waals surface area (Å²) in [4.78, 5) is 11.7. The quantitative estimate of drug-likeness (QED) is 0.827. The molecule has 1 unspecified atom stereocenters. The van der Waals surface area contributed by atoms with Gasteiger partial charge in [0.15, 0.2) is 0 Å². The van der Waals surface area contributed by atoms with Gasteiger partial charge in [-0.2, -0.15) is 0 Å². The fourth-order valence-electron chi connectivity index (χ4n) is 1.55. The van der Waals surface area contributed by atoms with E-state index in [4.69, 9.17) is 0 Å². The molecule has 1 atom stereocenters. The second-order valence-electron chi connectivity index (χ2n) is 4.12. The van der Waals surface area contributed by atoms with E-state index < -0.39 is 0 Å². The average molecular weight is 331 g/mol. The van der Waals surface area contributed by atoms with E-state index in [9.17, 15) is 9.90 Å². The lowest BCUT2D eigenvalue weighted by Gasteiger charge is -2.10. The van der Waals surface area contributed by atoms with Crippen LogP contribution in [0.4, 0.5) is 0 Å². The Labute approximate surface area is 108 Å². The van der Waals surface area contributed by atoms with Crippen molar-refractivity contribution in [2.75, 3.05) is 6.54 Å². The summed E-state index contributed by atoms with van der Waals surface area (Å²) in [6, 6.07) is 7.38. The Morgan fingerprint density at radius 3 is 2.62 bits per heavy atom. The van der Waals surface area contributed by atoms with Crippen LogP contribution in [0.2, 0.25) is 0 Å². The smallest absolute Gasteiger partial charge is 0.251 e. The number of carbonyl (C=O) groups excluding carboxylic acids is 1. The van der Waals surface area contributed by atoms with E-state index >= 15 is 0 Å². The van der Waals surface area contributed by atoms with Crippen LogP contribution in [-0.2, 0) is 0 Å². The minimum atomic E-state index is -0.382. The third-order valence-corrected chi connectivity index (χ3v) is 3.46. The molecule has 1 fully saturated rings. The summed E-state index contributed by atoms with van der Waals surface area (Å²) in [5.74, 6) is 0.285. The predicted molar refractivity (Wildman–Crippen MR) is 70.2 cm³/mol. The highest BCUT2D eigenvalue weighted by atomic mass is 127. The Kier molecular flexibility index (Phi) is 3.81. The minimum absolute atomic E-state index is 0.115. The maximum absolute atomic E-state index is 11.7. The summed E-state index contributed by atoms with van der Waals surface area (Å²) in [5.41, 5.74) is 0.642. The van der Waals surface area contributed by atoms with Crippen LogP contribution >= 0.6 is 22.6 Å². The molecule has 0 bridgehead atoms. The van der Waals surface area contributed by atoms with E-state index in [1.165, 1.54) is 0 Å². The second-order valence-corrected chi connectivity index (χ2v) is 5.37. The van der Waals surface area contributed by atoms with Gasteiger partial charge in [-0.1, -0.05) is 0 Å². The van der Waals surface area contributed by atoms with Crippen LogP contribution in [0.3, 0.4) is 0 Å². The summed E-state index contributed by atoms with van der Waals surface area (Å²) < 4.78 is 1.10. The molecule has 0 aliphatic heterocycles. The van der Waals surface area contributed by atoms with Gasteiger partial charge in [-0.3, -0.25) is 4.79 Å². The van der Waals surface area contributed by atoms with Crippen molar-refractivity contribution in [1.29, 1.82) is 0 Å². The van der Waals surface area contributed by atoms with Gasteiger partial charge in [-0.05, 0) is 65.6 Å². The molecule has 0 saturated heterocycles. The van der Waals surface area contributed by atoms with E-state index in [2.05, 4.69) is 27.9 Å². The molecule has 2 N–H and O–H groups in total. The molecular formula is C12H14INO2. The third-order valence-electron chi connectivity index (χ3n) is 2.74. The Balaban J connectivity index is 1.85. The van der Waals surface area contributed by atoms with Gasteiger partial charge in [0.25, 0.3) is 5.91 Å². The first-order valence-corrected chi connectivity index (χ1v) is 6.46. The number of hydrogen-bond donors (Lipinski definition) is 2. The van der Waals surface area contributed by atoms with Gasteiger partial charge >= 0.3 is 0 Å². The van der Waals surface area contributed by atoms with Gasteiger partial charge in [0.1, 0.15) is 0 Å². The molecule has 0 radical (unpaired) electrons. The lowest BCUT2D eigenvalue weighted by Crippen LogP contribution is -2.33. The van der Waals surface area contributed by atoms with Crippen LogP contribution in [-0.4, -0.2) is 23.7 Å². The zero-order valence-corrected chi connectivity index (χ0v) is 11.0. The van der Waals surface area contributed by atoms with Gasteiger partial charge in [0.2, 0.25) is 0 Å². The second kappa shape index (κ2) is 5.14. The van der Waals surface area contributed by atoms with Crippen LogP contribution in [0, 0.1) is 9.49 Å². The standard InChI is InChI=1S/C12H14INO2/c13-10-5-3-9(4-6-10)12(16)14-7-11(15)8-1-2-8/h3-6,8,11,15H,1-2,7H2,(H,14,16). The number of rotatable bonds is 4. The number of carbonyl (C=O) groups is 1. The van der Waals surface area contributed by atoms with Crippen molar-refractivity contribution in [3.05, 3.63) is 33.4 Å². The highest BCUT2D eigenvalue weighted by Crippen LogP contribution is 2.32. The summed E-state index contributed by atoms with van der Waals surface area (Å²) in [5, 5.41) is 12.4. The molecular weight excluding hydrogens is 317 g/mol. The van der Waals surface area contributed by atoms with Gasteiger partial charge < -0.3 is 10.4 Å². The summed E-state index contributed by atoms with van der Waals surface area (Å²) in [6.45, 7) is 0.357. The predicted octanol–water partition coefficient (Wildman–Crippen LogP) is 1.79. The van der Waals surface area contributed by atoms with Crippen molar-refractivity contribution in [1.82, 2.24) is 5.32 Å². The van der Waals surface area contributed by atoms with Crippen molar-refractivity contribution in [2.24, 2.45) is 5.92 Å². The molecule has 0 aromatic heterocycles. The van der Waals surface area contributed by atoms with Gasteiger partial charge in [0.05, 0.1) is 6.10 Å². The van der Waals surface area contributed by atoms with E-state index in [-0.39, 0.29) is 12.0 Å². The Hall–Kier alpha value is -0.620. The van der Waals surface area contributed by atoms with Crippen molar-refractivity contribution in [3.63, 3.8) is 0 Å². The van der Waals surface area contributed by atoms with Crippen LogP contribution in [0.1, 0.15) is 23.2 Å². The largest absolute Gasteiger partial charge is 0.391 e. The normalized spacial score (nSPS) is 16.9. The summed E-state index contributed by atoms with van der Waals surface area (Å²) >= 11 is 2.20. The first-order valence-electron chi connectivity index (χ1n) is 5.38. The molecule has 1 aliphatic rings. The Morgan fingerprint density at radius 1 is 1.44 bits per heavy atom. The molecule has 1 aromatic carbocycles. The van der Waals surface area contributed by atoms with Crippen LogP contribution in [0.25, 0.3) is 0 Å². The molecule has 0 spiro atoms. The number of aliphatic hydroxyl groups excluding tert-OH is 1. The monoisotopic (exact) mass is 331 g/mol. The molecule has 2 rings (SSSR count). The fourth-order valence-corrected chi connectivity index (χ4v) is 1.91. The topological polar surface area (TPSA) is 49.3 Å². The summed E-state index contributed by atoms with van der Waals surface area (Å²) in [6.07, 6.45) is 1.79. The zero-order valence-electron chi connectivity index (χ0n) is 8.82.